The van der Waals surface area contributed by atoms with Crippen LogP contribution in [-0.4, -0.2) is 11.0 Å². The van der Waals surface area contributed by atoms with Gasteiger partial charge in [-0.2, -0.15) is 13.2 Å². The van der Waals surface area contributed by atoms with E-state index in [0.717, 1.165) is 12.1 Å². The number of hydrogen-bond donors (Lipinski definition) is 2. The molecule has 0 saturated carbocycles. The molecule has 0 aliphatic rings. The fraction of sp³-hybridized carbons (Fsp3) is 0.0667. The molecule has 0 aromatic heterocycles. The first-order valence-electron chi connectivity index (χ1n) is 6.42. The van der Waals surface area contributed by atoms with E-state index in [9.17, 15) is 18.0 Å². The van der Waals surface area contributed by atoms with E-state index < -0.39 is 17.6 Å². The van der Waals surface area contributed by atoms with Crippen LogP contribution >= 0.6 is 39.7 Å². The van der Waals surface area contributed by atoms with Gasteiger partial charge in [-0.05, 0) is 58.5 Å². The SMILES string of the molecule is O=C(NC(=S)Nc1ccc(Cl)cc1C(F)(F)F)c1ccccc1Br. The number of halogens is 5. The maximum atomic E-state index is 13.0. The Balaban J connectivity index is 2.16. The quantitative estimate of drug-likeness (QED) is 0.631. The van der Waals surface area contributed by atoms with Crippen molar-refractivity contribution in [2.75, 3.05) is 5.32 Å². The number of benzene rings is 2. The summed E-state index contributed by atoms with van der Waals surface area (Å²) in [5.41, 5.74) is -0.981. The van der Waals surface area contributed by atoms with E-state index in [1.54, 1.807) is 24.3 Å². The topological polar surface area (TPSA) is 41.1 Å². The lowest BCUT2D eigenvalue weighted by molar-refractivity contribution is -0.136. The van der Waals surface area contributed by atoms with Gasteiger partial charge in [-0.3, -0.25) is 10.1 Å². The highest BCUT2D eigenvalue weighted by atomic mass is 79.9. The van der Waals surface area contributed by atoms with E-state index >= 15 is 0 Å². The third-order valence-corrected chi connectivity index (χ3v) is 4.01. The number of alkyl halides is 3. The van der Waals surface area contributed by atoms with E-state index in [4.69, 9.17) is 23.8 Å². The molecule has 2 aromatic rings. The molecule has 9 heteroatoms. The smallest absolute Gasteiger partial charge is 0.332 e. The van der Waals surface area contributed by atoms with Crippen molar-refractivity contribution < 1.29 is 18.0 Å². The van der Waals surface area contributed by atoms with Crippen molar-refractivity contribution in [1.82, 2.24) is 5.32 Å². The number of carbonyl (C=O) groups excluding carboxylic acids is 1. The Morgan fingerprint density at radius 2 is 1.83 bits per heavy atom. The number of nitrogens with one attached hydrogen (secondary N) is 2. The summed E-state index contributed by atoms with van der Waals surface area (Å²) in [7, 11) is 0. The minimum Gasteiger partial charge on any atom is -0.332 e. The molecule has 0 atom stereocenters. The molecule has 24 heavy (non-hydrogen) atoms. The molecule has 0 aliphatic carbocycles. The minimum atomic E-state index is -4.62. The maximum absolute atomic E-state index is 13.0. The first-order valence-corrected chi connectivity index (χ1v) is 8.00. The molecule has 2 rings (SSSR count). The Labute approximate surface area is 154 Å². The summed E-state index contributed by atoms with van der Waals surface area (Å²) in [5, 5.41) is 4.38. The van der Waals surface area contributed by atoms with Crippen LogP contribution in [0.15, 0.2) is 46.9 Å². The number of rotatable bonds is 2. The largest absolute Gasteiger partial charge is 0.418 e. The van der Waals surface area contributed by atoms with Crippen molar-refractivity contribution in [1.29, 1.82) is 0 Å². The fourth-order valence-electron chi connectivity index (χ4n) is 1.83. The Kier molecular flexibility index (Phi) is 5.84. The molecular formula is C15H9BrClF3N2OS. The third kappa shape index (κ3) is 4.68. The van der Waals surface area contributed by atoms with Gasteiger partial charge in [-0.1, -0.05) is 23.7 Å². The van der Waals surface area contributed by atoms with Gasteiger partial charge in [0, 0.05) is 9.50 Å². The summed E-state index contributed by atoms with van der Waals surface area (Å²) in [6.45, 7) is 0. The van der Waals surface area contributed by atoms with Crippen LogP contribution in [0.25, 0.3) is 0 Å². The van der Waals surface area contributed by atoms with Crippen LogP contribution in [0.4, 0.5) is 18.9 Å². The lowest BCUT2D eigenvalue weighted by atomic mass is 10.1. The maximum Gasteiger partial charge on any atom is 0.418 e. The average Bonchev–Trinajstić information content (AvgIpc) is 2.48. The summed E-state index contributed by atoms with van der Waals surface area (Å²) in [4.78, 5) is 12.1. The predicted molar refractivity (Wildman–Crippen MR) is 94.3 cm³/mol. The summed E-state index contributed by atoms with van der Waals surface area (Å²) >= 11 is 13.7. The van der Waals surface area contributed by atoms with Gasteiger partial charge in [-0.25, -0.2) is 0 Å². The van der Waals surface area contributed by atoms with E-state index in [1.165, 1.54) is 6.07 Å². The minimum absolute atomic E-state index is 0.0592. The highest BCUT2D eigenvalue weighted by Gasteiger charge is 2.34. The second-order valence-electron chi connectivity index (χ2n) is 4.58. The fourth-order valence-corrected chi connectivity index (χ4v) is 2.67. The monoisotopic (exact) mass is 436 g/mol. The standard InChI is InChI=1S/C15H9BrClF3N2OS/c16-11-4-2-1-3-9(11)13(23)22-14(24)21-12-6-5-8(17)7-10(12)15(18,19)20/h1-7H,(H2,21,22,23,24). The van der Waals surface area contributed by atoms with Gasteiger partial charge < -0.3 is 5.32 Å². The highest BCUT2D eigenvalue weighted by molar-refractivity contribution is 9.10. The Morgan fingerprint density at radius 3 is 2.46 bits per heavy atom. The van der Waals surface area contributed by atoms with Crippen molar-refractivity contribution in [3.8, 4) is 0 Å². The van der Waals surface area contributed by atoms with Crippen molar-refractivity contribution in [2.45, 2.75) is 6.18 Å². The Bertz CT molecular complexity index is 799. The van der Waals surface area contributed by atoms with Crippen LogP contribution in [0.1, 0.15) is 15.9 Å². The summed E-state index contributed by atoms with van der Waals surface area (Å²) in [6.07, 6.45) is -4.62. The van der Waals surface area contributed by atoms with Crippen LogP contribution < -0.4 is 10.6 Å². The van der Waals surface area contributed by atoms with Crippen LogP contribution in [-0.2, 0) is 6.18 Å². The Hall–Kier alpha value is -1.64. The van der Waals surface area contributed by atoms with Gasteiger partial charge in [0.15, 0.2) is 5.11 Å². The molecule has 0 fully saturated rings. The van der Waals surface area contributed by atoms with E-state index in [1.807, 2.05) is 0 Å². The first-order chi connectivity index (χ1) is 11.2. The van der Waals surface area contributed by atoms with E-state index in [2.05, 4.69) is 26.6 Å². The summed E-state index contributed by atoms with van der Waals surface area (Å²) in [6, 6.07) is 9.79. The summed E-state index contributed by atoms with van der Waals surface area (Å²) < 4.78 is 39.6. The van der Waals surface area contributed by atoms with Crippen LogP contribution in [0.5, 0.6) is 0 Å². The van der Waals surface area contributed by atoms with E-state index in [-0.39, 0.29) is 15.8 Å². The molecule has 2 N–H and O–H groups in total. The molecule has 126 valence electrons. The van der Waals surface area contributed by atoms with Gasteiger partial charge in [-0.15, -0.1) is 0 Å². The number of hydrogen-bond acceptors (Lipinski definition) is 2. The summed E-state index contributed by atoms with van der Waals surface area (Å²) in [5.74, 6) is -0.553. The molecular weight excluding hydrogens is 429 g/mol. The van der Waals surface area contributed by atoms with Gasteiger partial charge in [0.2, 0.25) is 0 Å². The molecule has 0 saturated heterocycles. The predicted octanol–water partition coefficient (Wildman–Crippen LogP) is 5.25. The molecule has 0 radical (unpaired) electrons. The molecule has 2 aromatic carbocycles. The first kappa shape index (κ1) is 18.7. The zero-order valence-electron chi connectivity index (χ0n) is 11.7. The molecule has 0 unspecified atom stereocenters. The zero-order valence-corrected chi connectivity index (χ0v) is 14.9. The normalized spacial score (nSPS) is 11.0. The van der Waals surface area contributed by atoms with Gasteiger partial charge in [0.25, 0.3) is 5.91 Å². The van der Waals surface area contributed by atoms with Crippen LogP contribution in [0, 0.1) is 0 Å². The van der Waals surface area contributed by atoms with Gasteiger partial charge >= 0.3 is 6.18 Å². The van der Waals surface area contributed by atoms with Crippen molar-refractivity contribution >= 4 is 56.5 Å². The number of amides is 1. The number of anilines is 1. The lowest BCUT2D eigenvalue weighted by Crippen LogP contribution is -2.34. The molecule has 3 nitrogen and oxygen atoms in total. The Morgan fingerprint density at radius 1 is 1.17 bits per heavy atom. The van der Waals surface area contributed by atoms with Gasteiger partial charge in [0.1, 0.15) is 0 Å². The molecule has 0 heterocycles. The van der Waals surface area contributed by atoms with Crippen molar-refractivity contribution in [2.24, 2.45) is 0 Å². The molecule has 0 bridgehead atoms. The lowest BCUT2D eigenvalue weighted by Gasteiger charge is -2.16. The molecule has 0 spiro atoms. The van der Waals surface area contributed by atoms with Crippen molar-refractivity contribution in [3.05, 3.63) is 63.1 Å². The van der Waals surface area contributed by atoms with Gasteiger partial charge in [0.05, 0.1) is 16.8 Å². The molecule has 0 aliphatic heterocycles. The van der Waals surface area contributed by atoms with Crippen LogP contribution in [0.2, 0.25) is 5.02 Å². The number of carbonyl (C=O) groups is 1. The third-order valence-electron chi connectivity index (χ3n) is 2.88. The highest BCUT2D eigenvalue weighted by Crippen LogP contribution is 2.36. The second kappa shape index (κ2) is 7.50. The van der Waals surface area contributed by atoms with Crippen LogP contribution in [0.3, 0.4) is 0 Å². The van der Waals surface area contributed by atoms with E-state index in [0.29, 0.717) is 10.0 Å². The average molecular weight is 438 g/mol. The number of thiocarbonyl (C=S) groups is 1. The molecule has 1 amide bonds. The zero-order chi connectivity index (χ0) is 17.9. The second-order valence-corrected chi connectivity index (χ2v) is 6.27. The van der Waals surface area contributed by atoms with Crippen molar-refractivity contribution in [3.63, 3.8) is 0 Å².